The first-order chi connectivity index (χ1) is 12.8. The predicted molar refractivity (Wildman–Crippen MR) is 104 cm³/mol. The average molecular weight is 366 g/mol. The SMILES string of the molecule is O=C(NC[C@H](c1ccco1)N1CCCC1)c1sccc1-c1ccccc1. The quantitative estimate of drug-likeness (QED) is 0.695. The number of hydrogen-bond donors (Lipinski definition) is 1. The number of likely N-dealkylation sites (tertiary alicyclic amines) is 1. The van der Waals surface area contributed by atoms with Gasteiger partial charge in [0.05, 0.1) is 17.2 Å². The van der Waals surface area contributed by atoms with Crippen LogP contribution < -0.4 is 5.32 Å². The Hall–Kier alpha value is -2.37. The van der Waals surface area contributed by atoms with Gasteiger partial charge >= 0.3 is 0 Å². The van der Waals surface area contributed by atoms with E-state index in [0.29, 0.717) is 6.54 Å². The molecule has 134 valence electrons. The lowest BCUT2D eigenvalue weighted by Crippen LogP contribution is -2.36. The van der Waals surface area contributed by atoms with Crippen LogP contribution in [0, 0.1) is 0 Å². The molecule has 1 fully saturated rings. The first-order valence-corrected chi connectivity index (χ1v) is 9.89. The van der Waals surface area contributed by atoms with Crippen LogP contribution in [0.25, 0.3) is 11.1 Å². The van der Waals surface area contributed by atoms with Gasteiger partial charge < -0.3 is 9.73 Å². The topological polar surface area (TPSA) is 45.5 Å². The summed E-state index contributed by atoms with van der Waals surface area (Å²) in [5, 5.41) is 5.10. The summed E-state index contributed by atoms with van der Waals surface area (Å²) in [6, 6.07) is 16.1. The number of nitrogens with one attached hydrogen (secondary N) is 1. The van der Waals surface area contributed by atoms with Crippen molar-refractivity contribution in [1.29, 1.82) is 0 Å². The van der Waals surface area contributed by atoms with Crippen molar-refractivity contribution in [2.24, 2.45) is 0 Å². The van der Waals surface area contributed by atoms with E-state index in [1.807, 2.05) is 53.9 Å². The van der Waals surface area contributed by atoms with Crippen molar-refractivity contribution in [3.05, 3.63) is 70.8 Å². The molecule has 1 atom stereocenters. The van der Waals surface area contributed by atoms with Crippen molar-refractivity contribution >= 4 is 17.2 Å². The van der Waals surface area contributed by atoms with Gasteiger partial charge in [0.2, 0.25) is 0 Å². The molecule has 0 radical (unpaired) electrons. The molecule has 3 aromatic rings. The number of nitrogens with zero attached hydrogens (tertiary/aromatic N) is 1. The number of hydrogen-bond acceptors (Lipinski definition) is 4. The minimum atomic E-state index is -0.0189. The van der Waals surface area contributed by atoms with Crippen molar-refractivity contribution in [3.63, 3.8) is 0 Å². The van der Waals surface area contributed by atoms with E-state index in [1.54, 1.807) is 6.26 Å². The second kappa shape index (κ2) is 7.89. The zero-order valence-corrected chi connectivity index (χ0v) is 15.4. The monoisotopic (exact) mass is 366 g/mol. The third-order valence-corrected chi connectivity index (χ3v) is 5.78. The van der Waals surface area contributed by atoms with Crippen molar-refractivity contribution in [2.45, 2.75) is 18.9 Å². The molecule has 1 amide bonds. The highest BCUT2D eigenvalue weighted by atomic mass is 32.1. The fourth-order valence-corrected chi connectivity index (χ4v) is 4.38. The van der Waals surface area contributed by atoms with Gasteiger partial charge in [-0.05, 0) is 55.1 Å². The molecule has 1 N–H and O–H groups in total. The standard InChI is InChI=1S/C21H22N2O2S/c24-21(20-17(10-14-26-20)16-7-2-1-3-8-16)22-15-18(19-9-6-13-25-19)23-11-4-5-12-23/h1-3,6-10,13-14,18H,4-5,11-12,15H2,(H,22,24)/t18-/m1/s1. The van der Waals surface area contributed by atoms with Crippen LogP contribution in [0.4, 0.5) is 0 Å². The third-order valence-electron chi connectivity index (χ3n) is 4.87. The predicted octanol–water partition coefficient (Wildman–Crippen LogP) is 4.58. The Bertz CT molecular complexity index is 836. The Morgan fingerprint density at radius 1 is 1.12 bits per heavy atom. The Labute approximate surface area is 157 Å². The zero-order valence-electron chi connectivity index (χ0n) is 14.6. The van der Waals surface area contributed by atoms with Gasteiger partial charge in [-0.25, -0.2) is 0 Å². The molecular formula is C21H22N2O2S. The summed E-state index contributed by atoms with van der Waals surface area (Å²) in [7, 11) is 0. The van der Waals surface area contributed by atoms with E-state index in [-0.39, 0.29) is 11.9 Å². The third kappa shape index (κ3) is 3.59. The smallest absolute Gasteiger partial charge is 0.262 e. The molecule has 0 saturated carbocycles. The van der Waals surface area contributed by atoms with Gasteiger partial charge in [-0.2, -0.15) is 0 Å². The fraction of sp³-hybridized carbons (Fsp3) is 0.286. The fourth-order valence-electron chi connectivity index (χ4n) is 3.54. The largest absolute Gasteiger partial charge is 0.468 e. The summed E-state index contributed by atoms with van der Waals surface area (Å²) >= 11 is 1.48. The molecule has 2 aromatic heterocycles. The van der Waals surface area contributed by atoms with Gasteiger partial charge in [0.15, 0.2) is 0 Å². The number of carbonyl (C=O) groups excluding carboxylic acids is 1. The minimum absolute atomic E-state index is 0.0189. The Morgan fingerprint density at radius 2 is 1.92 bits per heavy atom. The Morgan fingerprint density at radius 3 is 2.65 bits per heavy atom. The number of benzene rings is 1. The van der Waals surface area contributed by atoms with Crippen LogP contribution in [0.3, 0.4) is 0 Å². The molecule has 1 aliphatic rings. The summed E-state index contributed by atoms with van der Waals surface area (Å²) < 4.78 is 5.63. The van der Waals surface area contributed by atoms with Crippen LogP contribution in [0.2, 0.25) is 0 Å². The van der Waals surface area contributed by atoms with Crippen molar-refractivity contribution in [3.8, 4) is 11.1 Å². The van der Waals surface area contributed by atoms with E-state index in [4.69, 9.17) is 4.42 Å². The number of thiophene rings is 1. The van der Waals surface area contributed by atoms with Gasteiger partial charge in [0, 0.05) is 12.1 Å². The van der Waals surface area contributed by atoms with Crippen molar-refractivity contribution < 1.29 is 9.21 Å². The second-order valence-electron chi connectivity index (χ2n) is 6.51. The summed E-state index contributed by atoms with van der Waals surface area (Å²) in [6.07, 6.45) is 4.11. The highest BCUT2D eigenvalue weighted by Crippen LogP contribution is 2.29. The van der Waals surface area contributed by atoms with E-state index < -0.39 is 0 Å². The van der Waals surface area contributed by atoms with Gasteiger partial charge in [0.1, 0.15) is 5.76 Å². The summed E-state index contributed by atoms with van der Waals surface area (Å²) in [6.45, 7) is 2.66. The molecule has 4 nitrogen and oxygen atoms in total. The lowest BCUT2D eigenvalue weighted by Gasteiger charge is -2.26. The number of rotatable bonds is 6. The molecular weight excluding hydrogens is 344 g/mol. The summed E-state index contributed by atoms with van der Waals surface area (Å²) in [5.41, 5.74) is 2.06. The van der Waals surface area contributed by atoms with E-state index in [1.165, 1.54) is 24.2 Å². The second-order valence-corrected chi connectivity index (χ2v) is 7.43. The molecule has 5 heteroatoms. The number of furan rings is 1. The maximum atomic E-state index is 12.8. The van der Waals surface area contributed by atoms with Gasteiger partial charge in [0.25, 0.3) is 5.91 Å². The lowest BCUT2D eigenvalue weighted by atomic mass is 10.1. The maximum absolute atomic E-state index is 12.8. The minimum Gasteiger partial charge on any atom is -0.468 e. The molecule has 0 bridgehead atoms. The Kier molecular flexibility index (Phi) is 5.18. The molecule has 1 aliphatic heterocycles. The molecule has 1 saturated heterocycles. The van der Waals surface area contributed by atoms with Crippen LogP contribution in [-0.4, -0.2) is 30.4 Å². The highest BCUT2D eigenvalue weighted by molar-refractivity contribution is 7.12. The molecule has 4 rings (SSSR count). The number of carbonyl (C=O) groups is 1. The lowest BCUT2D eigenvalue weighted by molar-refractivity contribution is 0.0938. The van der Waals surface area contributed by atoms with E-state index in [0.717, 1.165) is 34.9 Å². The van der Waals surface area contributed by atoms with Gasteiger partial charge in [-0.1, -0.05) is 30.3 Å². The molecule has 0 unspecified atom stereocenters. The van der Waals surface area contributed by atoms with E-state index in [2.05, 4.69) is 10.2 Å². The van der Waals surface area contributed by atoms with Crippen molar-refractivity contribution in [1.82, 2.24) is 10.2 Å². The first kappa shape index (κ1) is 17.1. The molecule has 0 aliphatic carbocycles. The summed E-state index contributed by atoms with van der Waals surface area (Å²) in [4.78, 5) is 16.0. The summed E-state index contributed by atoms with van der Waals surface area (Å²) in [5.74, 6) is 0.899. The molecule has 1 aromatic carbocycles. The van der Waals surface area contributed by atoms with E-state index >= 15 is 0 Å². The first-order valence-electron chi connectivity index (χ1n) is 9.01. The maximum Gasteiger partial charge on any atom is 0.262 e. The van der Waals surface area contributed by atoms with Crippen molar-refractivity contribution in [2.75, 3.05) is 19.6 Å². The van der Waals surface area contributed by atoms with Crippen LogP contribution in [0.5, 0.6) is 0 Å². The van der Waals surface area contributed by atoms with Crippen LogP contribution in [0.15, 0.2) is 64.6 Å². The molecule has 3 heterocycles. The Balaban J connectivity index is 1.49. The highest BCUT2D eigenvalue weighted by Gasteiger charge is 2.26. The van der Waals surface area contributed by atoms with E-state index in [9.17, 15) is 4.79 Å². The molecule has 0 spiro atoms. The average Bonchev–Trinajstić information content (AvgIpc) is 3.44. The van der Waals surface area contributed by atoms with Crippen LogP contribution in [-0.2, 0) is 0 Å². The van der Waals surface area contributed by atoms with Gasteiger partial charge in [-0.15, -0.1) is 11.3 Å². The zero-order chi connectivity index (χ0) is 17.8. The van der Waals surface area contributed by atoms with Crippen LogP contribution >= 0.6 is 11.3 Å². The van der Waals surface area contributed by atoms with Gasteiger partial charge in [-0.3, -0.25) is 9.69 Å². The number of amides is 1. The van der Waals surface area contributed by atoms with Crippen LogP contribution in [0.1, 0.15) is 34.3 Å². The normalized spacial score (nSPS) is 15.8. The molecule has 26 heavy (non-hydrogen) atoms.